The Bertz CT molecular complexity index is 658. The van der Waals surface area contributed by atoms with Gasteiger partial charge >= 0.3 is 0 Å². The number of thiophene rings is 1. The van der Waals surface area contributed by atoms with Crippen LogP contribution in [0, 0.1) is 5.82 Å². The second-order valence-electron chi connectivity index (χ2n) is 5.16. The fourth-order valence-corrected chi connectivity index (χ4v) is 3.03. The number of carbonyl (C=O) groups is 2. The molecule has 1 aromatic heterocycles. The number of hydrogen-bond donors (Lipinski definition) is 2. The molecule has 0 aliphatic heterocycles. The van der Waals surface area contributed by atoms with Crippen LogP contribution in [0.15, 0.2) is 41.8 Å². The maximum absolute atomic E-state index is 13.5. The summed E-state index contributed by atoms with van der Waals surface area (Å²) in [6.07, 6.45) is 0.597. The van der Waals surface area contributed by atoms with Gasteiger partial charge in [-0.25, -0.2) is 4.39 Å². The van der Waals surface area contributed by atoms with Crippen molar-refractivity contribution in [3.05, 3.63) is 58.0 Å². The van der Waals surface area contributed by atoms with E-state index < -0.39 is 0 Å². The molecule has 0 spiro atoms. The zero-order valence-corrected chi connectivity index (χ0v) is 13.7. The number of nitrogens with one attached hydrogen (secondary N) is 2. The van der Waals surface area contributed by atoms with E-state index in [0.29, 0.717) is 18.5 Å². The first-order chi connectivity index (χ1) is 11.1. The van der Waals surface area contributed by atoms with Gasteiger partial charge < -0.3 is 10.6 Å². The van der Waals surface area contributed by atoms with Crippen LogP contribution in [0.3, 0.4) is 0 Å². The molecule has 1 heterocycles. The average molecular weight is 334 g/mol. The molecule has 6 heteroatoms. The van der Waals surface area contributed by atoms with Crippen LogP contribution in [0.4, 0.5) is 4.39 Å². The molecule has 0 saturated heterocycles. The molecule has 23 heavy (non-hydrogen) atoms. The maximum atomic E-state index is 13.5. The largest absolute Gasteiger partial charge is 0.356 e. The standard InChI is InChI=1S/C17H19FN2O2S/c1-12(21)20-15(16-7-4-10-23-16)11-17(22)19-9-8-13-5-2-3-6-14(13)18/h2-7,10,15H,8-9,11H2,1H3,(H,19,22)(H,20,21). The number of amides is 2. The molecular weight excluding hydrogens is 315 g/mol. The summed E-state index contributed by atoms with van der Waals surface area (Å²) in [4.78, 5) is 24.3. The molecule has 0 bridgehead atoms. The van der Waals surface area contributed by atoms with E-state index in [4.69, 9.17) is 0 Å². The highest BCUT2D eigenvalue weighted by atomic mass is 32.1. The summed E-state index contributed by atoms with van der Waals surface area (Å²) in [6, 6.07) is 9.94. The SMILES string of the molecule is CC(=O)NC(CC(=O)NCCc1ccccc1F)c1cccs1. The van der Waals surface area contributed by atoms with Gasteiger partial charge in [-0.2, -0.15) is 0 Å². The summed E-state index contributed by atoms with van der Waals surface area (Å²) < 4.78 is 13.5. The Balaban J connectivity index is 1.85. The van der Waals surface area contributed by atoms with Gasteiger partial charge in [0.2, 0.25) is 11.8 Å². The summed E-state index contributed by atoms with van der Waals surface area (Å²) in [5.41, 5.74) is 0.574. The molecule has 0 saturated carbocycles. The van der Waals surface area contributed by atoms with Gasteiger partial charge in [0.15, 0.2) is 0 Å². The summed E-state index contributed by atoms with van der Waals surface area (Å²) in [7, 11) is 0. The first-order valence-corrected chi connectivity index (χ1v) is 8.25. The third kappa shape index (κ3) is 5.49. The number of rotatable bonds is 7. The van der Waals surface area contributed by atoms with Crippen LogP contribution < -0.4 is 10.6 Å². The molecule has 2 rings (SSSR count). The minimum atomic E-state index is -0.332. The minimum absolute atomic E-state index is 0.164. The van der Waals surface area contributed by atoms with Crippen LogP contribution in [-0.4, -0.2) is 18.4 Å². The quantitative estimate of drug-likeness (QED) is 0.818. The fraction of sp³-hybridized carbons (Fsp3) is 0.294. The van der Waals surface area contributed by atoms with Crippen LogP contribution >= 0.6 is 11.3 Å². The second-order valence-corrected chi connectivity index (χ2v) is 6.14. The van der Waals surface area contributed by atoms with Crippen molar-refractivity contribution >= 4 is 23.2 Å². The fourth-order valence-electron chi connectivity index (χ4n) is 2.25. The Morgan fingerprint density at radius 2 is 2.00 bits per heavy atom. The molecule has 0 radical (unpaired) electrons. The van der Waals surface area contributed by atoms with E-state index in [1.54, 1.807) is 18.2 Å². The van der Waals surface area contributed by atoms with E-state index in [9.17, 15) is 14.0 Å². The van der Waals surface area contributed by atoms with Gasteiger partial charge in [-0.05, 0) is 29.5 Å². The molecular formula is C17H19FN2O2S. The molecule has 1 unspecified atom stereocenters. The number of halogens is 1. The molecule has 122 valence electrons. The maximum Gasteiger partial charge on any atom is 0.222 e. The Morgan fingerprint density at radius 1 is 1.22 bits per heavy atom. The third-order valence-corrected chi connectivity index (χ3v) is 4.31. The number of carbonyl (C=O) groups excluding carboxylic acids is 2. The Kier molecular flexibility index (Phi) is 6.29. The molecule has 0 aliphatic carbocycles. The molecule has 0 fully saturated rings. The van der Waals surface area contributed by atoms with E-state index in [1.807, 2.05) is 17.5 Å². The first-order valence-electron chi connectivity index (χ1n) is 7.37. The van der Waals surface area contributed by atoms with Gasteiger partial charge in [0.1, 0.15) is 5.82 Å². The third-order valence-electron chi connectivity index (χ3n) is 3.33. The lowest BCUT2D eigenvalue weighted by atomic mass is 10.1. The highest BCUT2D eigenvalue weighted by Gasteiger charge is 2.17. The topological polar surface area (TPSA) is 58.2 Å². The predicted octanol–water partition coefficient (Wildman–Crippen LogP) is 2.81. The number of benzene rings is 1. The van der Waals surface area contributed by atoms with Gasteiger partial charge in [-0.1, -0.05) is 24.3 Å². The van der Waals surface area contributed by atoms with Gasteiger partial charge in [-0.3, -0.25) is 9.59 Å². The highest BCUT2D eigenvalue weighted by Crippen LogP contribution is 2.21. The summed E-state index contributed by atoms with van der Waals surface area (Å²) in [6.45, 7) is 1.79. The molecule has 1 aromatic carbocycles. The van der Waals surface area contributed by atoms with Crippen molar-refractivity contribution in [2.24, 2.45) is 0 Å². The van der Waals surface area contributed by atoms with Crippen molar-refractivity contribution in [1.29, 1.82) is 0 Å². The monoisotopic (exact) mass is 334 g/mol. The van der Waals surface area contributed by atoms with Gasteiger partial charge in [0, 0.05) is 18.3 Å². The number of hydrogen-bond acceptors (Lipinski definition) is 3. The van der Waals surface area contributed by atoms with Crippen LogP contribution in [0.1, 0.15) is 29.8 Å². The lowest BCUT2D eigenvalue weighted by Gasteiger charge is -2.16. The first kappa shape index (κ1) is 17.1. The van der Waals surface area contributed by atoms with Crippen molar-refractivity contribution in [2.75, 3.05) is 6.54 Å². The minimum Gasteiger partial charge on any atom is -0.356 e. The van der Waals surface area contributed by atoms with E-state index in [2.05, 4.69) is 10.6 Å². The van der Waals surface area contributed by atoms with Crippen LogP contribution in [0.2, 0.25) is 0 Å². The molecule has 4 nitrogen and oxygen atoms in total. The van der Waals surface area contributed by atoms with Crippen molar-refractivity contribution < 1.29 is 14.0 Å². The Morgan fingerprint density at radius 3 is 2.65 bits per heavy atom. The zero-order chi connectivity index (χ0) is 16.7. The highest BCUT2D eigenvalue weighted by molar-refractivity contribution is 7.10. The molecule has 0 aliphatic rings. The van der Waals surface area contributed by atoms with Crippen LogP contribution in [0.5, 0.6) is 0 Å². The van der Waals surface area contributed by atoms with Crippen LogP contribution in [0.25, 0.3) is 0 Å². The second kappa shape index (κ2) is 8.43. The summed E-state index contributed by atoms with van der Waals surface area (Å²) in [5.74, 6) is -0.618. The lowest BCUT2D eigenvalue weighted by molar-refractivity contribution is -0.122. The predicted molar refractivity (Wildman–Crippen MR) is 88.6 cm³/mol. The van der Waals surface area contributed by atoms with Gasteiger partial charge in [0.25, 0.3) is 0 Å². The van der Waals surface area contributed by atoms with Crippen molar-refractivity contribution in [2.45, 2.75) is 25.8 Å². The van der Waals surface area contributed by atoms with Crippen molar-refractivity contribution in [1.82, 2.24) is 10.6 Å². The normalized spacial score (nSPS) is 11.7. The zero-order valence-electron chi connectivity index (χ0n) is 12.8. The van der Waals surface area contributed by atoms with Crippen LogP contribution in [-0.2, 0) is 16.0 Å². The molecule has 2 N–H and O–H groups in total. The van der Waals surface area contributed by atoms with Gasteiger partial charge in [-0.15, -0.1) is 11.3 Å². The smallest absolute Gasteiger partial charge is 0.222 e. The van der Waals surface area contributed by atoms with E-state index in [-0.39, 0.29) is 30.1 Å². The summed E-state index contributed by atoms with van der Waals surface area (Å²) in [5, 5.41) is 7.46. The Hall–Kier alpha value is -2.21. The van der Waals surface area contributed by atoms with Crippen molar-refractivity contribution in [3.63, 3.8) is 0 Å². The lowest BCUT2D eigenvalue weighted by Crippen LogP contribution is -2.33. The Labute approximate surface area is 138 Å². The summed E-state index contributed by atoms with van der Waals surface area (Å²) >= 11 is 1.49. The van der Waals surface area contributed by atoms with Crippen molar-refractivity contribution in [3.8, 4) is 0 Å². The average Bonchev–Trinajstić information content (AvgIpc) is 3.02. The van der Waals surface area contributed by atoms with E-state index in [0.717, 1.165) is 4.88 Å². The van der Waals surface area contributed by atoms with Gasteiger partial charge in [0.05, 0.1) is 12.5 Å². The van der Waals surface area contributed by atoms with E-state index in [1.165, 1.54) is 24.3 Å². The van der Waals surface area contributed by atoms with E-state index >= 15 is 0 Å². The molecule has 2 aromatic rings. The molecule has 1 atom stereocenters. The molecule has 2 amide bonds.